The lowest BCUT2D eigenvalue weighted by molar-refractivity contribution is -0.274. The quantitative estimate of drug-likeness (QED) is 0.689. The first-order valence-corrected chi connectivity index (χ1v) is 8.24. The fourth-order valence-corrected chi connectivity index (χ4v) is 2.82. The number of nitrogens with zero attached hydrogens (tertiary/aromatic N) is 1. The van der Waals surface area contributed by atoms with Crippen molar-refractivity contribution in [3.8, 4) is 16.9 Å². The normalized spacial score (nSPS) is 11.6. The molecule has 0 amide bonds. The van der Waals surface area contributed by atoms with Crippen LogP contribution in [0.2, 0.25) is 0 Å². The lowest BCUT2D eigenvalue weighted by Gasteiger charge is -2.12. The van der Waals surface area contributed by atoms with Crippen molar-refractivity contribution in [2.24, 2.45) is 0 Å². The van der Waals surface area contributed by atoms with E-state index in [9.17, 15) is 22.8 Å². The van der Waals surface area contributed by atoms with Gasteiger partial charge >= 0.3 is 12.3 Å². The number of ether oxygens (including phenoxy) is 1. The summed E-state index contributed by atoms with van der Waals surface area (Å²) in [6.45, 7) is 1.53. The average molecular weight is 392 g/mol. The predicted octanol–water partition coefficient (Wildman–Crippen LogP) is 3.81. The molecule has 0 unspecified atom stereocenters. The topological polar surface area (TPSA) is 92.3 Å². The molecule has 0 aliphatic carbocycles. The Kier molecular flexibility index (Phi) is 5.08. The first-order valence-electron chi connectivity index (χ1n) is 8.24. The number of hydrogen-bond acceptors (Lipinski definition) is 4. The van der Waals surface area contributed by atoms with Crippen molar-refractivity contribution in [1.82, 2.24) is 9.97 Å². The minimum atomic E-state index is -4.82. The first-order chi connectivity index (χ1) is 13.1. The standard InChI is InChI=1S/C19H15F3N2O4/c1-10-18(27)24-15-9-13(7-12(17(15)23-10)5-6-16(25)26)11-3-2-4-14(8-11)28-19(20,21)22/h2-4,7-9H,5-6H2,1H3,(H,24,27)(H,25,26). The molecule has 0 aliphatic rings. The van der Waals surface area contributed by atoms with Crippen LogP contribution in [0.5, 0.6) is 5.75 Å². The monoisotopic (exact) mass is 392 g/mol. The second-order valence-electron chi connectivity index (χ2n) is 6.15. The van der Waals surface area contributed by atoms with Crippen LogP contribution in [-0.2, 0) is 11.2 Å². The largest absolute Gasteiger partial charge is 0.573 e. The number of aromatic amines is 1. The summed E-state index contributed by atoms with van der Waals surface area (Å²) in [4.78, 5) is 29.8. The van der Waals surface area contributed by atoms with Gasteiger partial charge in [0.15, 0.2) is 0 Å². The average Bonchev–Trinajstić information content (AvgIpc) is 2.59. The predicted molar refractivity (Wildman–Crippen MR) is 95.2 cm³/mol. The van der Waals surface area contributed by atoms with Gasteiger partial charge in [-0.15, -0.1) is 13.2 Å². The molecule has 0 atom stereocenters. The van der Waals surface area contributed by atoms with Crippen LogP contribution in [0.15, 0.2) is 41.2 Å². The van der Waals surface area contributed by atoms with Gasteiger partial charge in [0.2, 0.25) is 0 Å². The molecule has 0 aliphatic heterocycles. The van der Waals surface area contributed by atoms with Crippen molar-refractivity contribution in [2.45, 2.75) is 26.1 Å². The zero-order valence-corrected chi connectivity index (χ0v) is 14.6. The highest BCUT2D eigenvalue weighted by Gasteiger charge is 2.31. The maximum Gasteiger partial charge on any atom is 0.573 e. The van der Waals surface area contributed by atoms with Gasteiger partial charge in [0, 0.05) is 6.42 Å². The molecule has 2 aromatic carbocycles. The van der Waals surface area contributed by atoms with Crippen LogP contribution in [0.1, 0.15) is 17.7 Å². The third-order valence-electron chi connectivity index (χ3n) is 4.05. The van der Waals surface area contributed by atoms with Gasteiger partial charge < -0.3 is 14.8 Å². The summed E-state index contributed by atoms with van der Waals surface area (Å²) in [5, 5.41) is 8.98. The lowest BCUT2D eigenvalue weighted by Crippen LogP contribution is -2.17. The van der Waals surface area contributed by atoms with Crippen LogP contribution in [0, 0.1) is 6.92 Å². The number of halogens is 3. The van der Waals surface area contributed by atoms with Crippen molar-refractivity contribution >= 4 is 17.0 Å². The number of carboxylic acid groups (broad SMARTS) is 1. The molecule has 28 heavy (non-hydrogen) atoms. The van der Waals surface area contributed by atoms with Gasteiger partial charge in [-0.1, -0.05) is 12.1 Å². The number of hydrogen-bond donors (Lipinski definition) is 2. The van der Waals surface area contributed by atoms with Gasteiger partial charge in [-0.2, -0.15) is 0 Å². The number of aromatic nitrogens is 2. The van der Waals surface area contributed by atoms with Crippen LogP contribution in [-0.4, -0.2) is 27.4 Å². The summed E-state index contributed by atoms with van der Waals surface area (Å²) in [5.41, 5.74) is 2.14. The SMILES string of the molecule is Cc1nc2c(CCC(=O)O)cc(-c3cccc(OC(F)(F)F)c3)cc2[nH]c1=O. The van der Waals surface area contributed by atoms with Gasteiger partial charge in [0.1, 0.15) is 11.4 Å². The Morgan fingerprint density at radius 3 is 2.64 bits per heavy atom. The highest BCUT2D eigenvalue weighted by molar-refractivity contribution is 5.85. The molecule has 3 rings (SSSR count). The van der Waals surface area contributed by atoms with Crippen LogP contribution in [0.25, 0.3) is 22.2 Å². The third kappa shape index (κ3) is 4.48. The Morgan fingerprint density at radius 1 is 1.21 bits per heavy atom. The number of aryl methyl sites for hydroxylation is 2. The maximum absolute atomic E-state index is 12.5. The van der Waals surface area contributed by atoms with E-state index in [4.69, 9.17) is 5.11 Å². The van der Waals surface area contributed by atoms with E-state index in [1.807, 2.05) is 0 Å². The van der Waals surface area contributed by atoms with Crippen LogP contribution < -0.4 is 10.3 Å². The summed E-state index contributed by atoms with van der Waals surface area (Å²) >= 11 is 0. The van der Waals surface area contributed by atoms with Gasteiger partial charge in [0.05, 0.1) is 11.0 Å². The first kappa shape index (κ1) is 19.4. The molecule has 0 radical (unpaired) electrons. The fourth-order valence-electron chi connectivity index (χ4n) is 2.82. The van der Waals surface area contributed by atoms with E-state index >= 15 is 0 Å². The molecule has 0 saturated carbocycles. The molecule has 0 spiro atoms. The van der Waals surface area contributed by atoms with E-state index in [1.54, 1.807) is 18.2 Å². The number of aliphatic carboxylic acids is 1. The van der Waals surface area contributed by atoms with Crippen molar-refractivity contribution in [3.63, 3.8) is 0 Å². The van der Waals surface area contributed by atoms with E-state index < -0.39 is 17.9 Å². The zero-order valence-electron chi connectivity index (χ0n) is 14.6. The smallest absolute Gasteiger partial charge is 0.481 e. The summed E-state index contributed by atoms with van der Waals surface area (Å²) in [6.07, 6.45) is -4.83. The van der Waals surface area contributed by atoms with E-state index in [0.717, 1.165) is 0 Å². The molecule has 3 aromatic rings. The molecule has 9 heteroatoms. The second kappa shape index (κ2) is 7.34. The number of carbonyl (C=O) groups is 1. The van der Waals surface area contributed by atoms with Gasteiger partial charge in [-0.25, -0.2) is 4.98 Å². The third-order valence-corrected chi connectivity index (χ3v) is 4.05. The van der Waals surface area contributed by atoms with Crippen molar-refractivity contribution in [3.05, 3.63) is 58.0 Å². The Bertz CT molecular complexity index is 1110. The number of fused-ring (bicyclic) bond motifs is 1. The minimum absolute atomic E-state index is 0.150. The van der Waals surface area contributed by atoms with Gasteiger partial charge in [-0.3, -0.25) is 9.59 Å². The highest BCUT2D eigenvalue weighted by Crippen LogP contribution is 2.30. The Hall–Kier alpha value is -3.36. The highest BCUT2D eigenvalue weighted by atomic mass is 19.4. The Morgan fingerprint density at radius 2 is 1.96 bits per heavy atom. The van der Waals surface area contributed by atoms with Crippen LogP contribution >= 0.6 is 0 Å². The van der Waals surface area contributed by atoms with E-state index in [-0.39, 0.29) is 24.3 Å². The number of nitrogens with one attached hydrogen (secondary N) is 1. The number of carboxylic acids is 1. The van der Waals surface area contributed by atoms with E-state index in [2.05, 4.69) is 14.7 Å². The molecule has 146 valence electrons. The summed E-state index contributed by atoms with van der Waals surface area (Å²) in [7, 11) is 0. The Labute approximate surface area is 156 Å². The number of alkyl halides is 3. The molecule has 0 saturated heterocycles. The maximum atomic E-state index is 12.5. The lowest BCUT2D eigenvalue weighted by atomic mass is 9.98. The van der Waals surface area contributed by atoms with Crippen LogP contribution in [0.3, 0.4) is 0 Å². The van der Waals surface area contributed by atoms with Crippen LogP contribution in [0.4, 0.5) is 13.2 Å². The molecule has 2 N–H and O–H groups in total. The zero-order chi connectivity index (χ0) is 20.5. The van der Waals surface area contributed by atoms with Crippen molar-refractivity contribution in [2.75, 3.05) is 0 Å². The summed E-state index contributed by atoms with van der Waals surface area (Å²) in [5.74, 6) is -1.38. The minimum Gasteiger partial charge on any atom is -0.481 e. The van der Waals surface area contributed by atoms with E-state index in [0.29, 0.717) is 27.7 Å². The van der Waals surface area contributed by atoms with E-state index in [1.165, 1.54) is 25.1 Å². The molecular weight excluding hydrogens is 377 g/mol. The van der Waals surface area contributed by atoms with Crippen molar-refractivity contribution in [1.29, 1.82) is 0 Å². The number of H-pyrrole nitrogens is 1. The Balaban J connectivity index is 2.13. The number of benzene rings is 2. The molecule has 1 heterocycles. The fraction of sp³-hybridized carbons (Fsp3) is 0.211. The molecule has 6 nitrogen and oxygen atoms in total. The molecule has 1 aromatic heterocycles. The summed E-state index contributed by atoms with van der Waals surface area (Å²) in [6, 6.07) is 8.63. The van der Waals surface area contributed by atoms with Gasteiger partial charge in [0.25, 0.3) is 5.56 Å². The second-order valence-corrected chi connectivity index (χ2v) is 6.15. The van der Waals surface area contributed by atoms with Gasteiger partial charge in [-0.05, 0) is 54.3 Å². The summed E-state index contributed by atoms with van der Waals surface area (Å²) < 4.78 is 41.4. The molecular formula is C19H15F3N2O4. The molecule has 0 bridgehead atoms. The number of rotatable bonds is 5. The molecule has 0 fully saturated rings. The van der Waals surface area contributed by atoms with Crippen molar-refractivity contribution < 1.29 is 27.8 Å².